The van der Waals surface area contributed by atoms with E-state index < -0.39 is 0 Å². The van der Waals surface area contributed by atoms with Gasteiger partial charge in [0.05, 0.1) is 17.2 Å². The Morgan fingerprint density at radius 1 is 1.47 bits per heavy atom. The summed E-state index contributed by atoms with van der Waals surface area (Å²) in [6.45, 7) is 0.769. The lowest BCUT2D eigenvalue weighted by Crippen LogP contribution is -2.43. The molecule has 0 saturated carbocycles. The van der Waals surface area contributed by atoms with Crippen molar-refractivity contribution in [1.82, 2.24) is 0 Å². The molecule has 0 aromatic heterocycles. The van der Waals surface area contributed by atoms with Gasteiger partial charge in [0.25, 0.3) is 0 Å². The van der Waals surface area contributed by atoms with Crippen molar-refractivity contribution in [2.75, 3.05) is 23.8 Å². The molecule has 2 fully saturated rings. The van der Waals surface area contributed by atoms with Crippen LogP contribution in [0.5, 0.6) is 5.75 Å². The summed E-state index contributed by atoms with van der Waals surface area (Å²) in [5, 5.41) is 0.621. The number of anilines is 1. The second-order valence-electron chi connectivity index (χ2n) is 5.26. The first-order valence-electron chi connectivity index (χ1n) is 6.60. The first-order chi connectivity index (χ1) is 9.17. The molecule has 1 aromatic carbocycles. The van der Waals surface area contributed by atoms with E-state index in [1.807, 2.05) is 11.8 Å². The average Bonchev–Trinajstić information content (AvgIpc) is 2.82. The Morgan fingerprint density at radius 3 is 3.16 bits per heavy atom. The van der Waals surface area contributed by atoms with Gasteiger partial charge in [0.1, 0.15) is 11.9 Å². The zero-order valence-corrected chi connectivity index (χ0v) is 12.3. The molecule has 2 N–H and O–H groups in total. The van der Waals surface area contributed by atoms with Crippen molar-refractivity contribution < 1.29 is 9.47 Å². The lowest BCUT2D eigenvalue weighted by atomic mass is 9.91. The van der Waals surface area contributed by atoms with E-state index in [1.165, 1.54) is 5.75 Å². The summed E-state index contributed by atoms with van der Waals surface area (Å²) in [6, 6.07) is 5.37. The highest BCUT2D eigenvalue weighted by molar-refractivity contribution is 7.99. The van der Waals surface area contributed by atoms with Gasteiger partial charge in [-0.05, 0) is 24.3 Å². The van der Waals surface area contributed by atoms with Crippen LogP contribution in [0.1, 0.15) is 19.3 Å². The van der Waals surface area contributed by atoms with Crippen molar-refractivity contribution in [1.29, 1.82) is 0 Å². The molecular weight excluding hydrogens is 282 g/mol. The van der Waals surface area contributed by atoms with Gasteiger partial charge < -0.3 is 15.2 Å². The SMILES string of the molecule is Nc1ccc(Cl)c(OC2CCOC3(CCSC3)C2)c1. The largest absolute Gasteiger partial charge is 0.489 e. The molecule has 0 bridgehead atoms. The molecule has 2 atom stereocenters. The predicted octanol–water partition coefficient (Wildman–Crippen LogP) is 3.36. The van der Waals surface area contributed by atoms with Crippen molar-refractivity contribution in [3.8, 4) is 5.75 Å². The molecule has 104 valence electrons. The fourth-order valence-corrected chi connectivity index (χ4v) is 4.28. The van der Waals surface area contributed by atoms with Crippen LogP contribution in [0.25, 0.3) is 0 Å². The zero-order valence-electron chi connectivity index (χ0n) is 10.7. The Bertz CT molecular complexity index is 463. The van der Waals surface area contributed by atoms with Crippen LogP contribution in [0.3, 0.4) is 0 Å². The number of nitrogen functional groups attached to an aromatic ring is 1. The molecule has 19 heavy (non-hydrogen) atoms. The number of rotatable bonds is 2. The van der Waals surface area contributed by atoms with Gasteiger partial charge in [0, 0.05) is 30.3 Å². The Balaban J connectivity index is 1.70. The van der Waals surface area contributed by atoms with Crippen LogP contribution in [0.2, 0.25) is 5.02 Å². The lowest BCUT2D eigenvalue weighted by molar-refractivity contribution is -0.0958. The highest BCUT2D eigenvalue weighted by atomic mass is 35.5. The van der Waals surface area contributed by atoms with E-state index in [-0.39, 0.29) is 11.7 Å². The van der Waals surface area contributed by atoms with Gasteiger partial charge in [-0.3, -0.25) is 0 Å². The monoisotopic (exact) mass is 299 g/mol. The number of benzene rings is 1. The lowest BCUT2D eigenvalue weighted by Gasteiger charge is -2.37. The van der Waals surface area contributed by atoms with Gasteiger partial charge in [-0.2, -0.15) is 11.8 Å². The van der Waals surface area contributed by atoms with Crippen LogP contribution in [-0.4, -0.2) is 29.8 Å². The summed E-state index contributed by atoms with van der Waals surface area (Å²) in [5.41, 5.74) is 6.49. The minimum Gasteiger partial charge on any atom is -0.489 e. The molecule has 0 aliphatic carbocycles. The Labute approximate surface area is 122 Å². The van der Waals surface area contributed by atoms with E-state index in [4.69, 9.17) is 26.8 Å². The summed E-state index contributed by atoms with van der Waals surface area (Å²) >= 11 is 8.12. The van der Waals surface area contributed by atoms with E-state index in [0.29, 0.717) is 16.5 Å². The Kier molecular flexibility index (Phi) is 3.83. The minimum atomic E-state index is 0.0282. The maximum absolute atomic E-state index is 6.15. The molecule has 2 aliphatic rings. The minimum absolute atomic E-state index is 0.0282. The quantitative estimate of drug-likeness (QED) is 0.851. The highest BCUT2D eigenvalue weighted by Gasteiger charge is 2.41. The second-order valence-corrected chi connectivity index (χ2v) is 6.77. The van der Waals surface area contributed by atoms with Gasteiger partial charge in [-0.1, -0.05) is 11.6 Å². The standard InChI is InChI=1S/C14H18ClNO2S/c15-12-2-1-10(16)7-13(12)18-11-3-5-17-14(8-11)4-6-19-9-14/h1-2,7,11H,3-6,8-9,16H2. The summed E-state index contributed by atoms with van der Waals surface area (Å²) in [5.74, 6) is 2.96. The van der Waals surface area contributed by atoms with E-state index in [1.54, 1.807) is 18.2 Å². The van der Waals surface area contributed by atoms with Crippen LogP contribution < -0.4 is 10.5 Å². The van der Waals surface area contributed by atoms with Crippen LogP contribution >= 0.6 is 23.4 Å². The van der Waals surface area contributed by atoms with E-state index in [0.717, 1.165) is 31.6 Å². The van der Waals surface area contributed by atoms with Gasteiger partial charge in [-0.25, -0.2) is 0 Å². The van der Waals surface area contributed by atoms with E-state index in [9.17, 15) is 0 Å². The zero-order chi connectivity index (χ0) is 13.3. The van der Waals surface area contributed by atoms with Crippen LogP contribution in [0, 0.1) is 0 Å². The van der Waals surface area contributed by atoms with Crippen molar-refractivity contribution in [2.45, 2.75) is 31.0 Å². The number of halogens is 1. The summed E-state index contributed by atoms with van der Waals surface area (Å²) in [4.78, 5) is 0. The third kappa shape index (κ3) is 2.96. The molecule has 3 rings (SSSR count). The molecule has 0 radical (unpaired) electrons. The average molecular weight is 300 g/mol. The maximum Gasteiger partial charge on any atom is 0.140 e. The Hall–Kier alpha value is -0.580. The third-order valence-corrected chi connectivity index (χ3v) is 5.30. The van der Waals surface area contributed by atoms with Gasteiger partial charge in [0.15, 0.2) is 0 Å². The first kappa shape index (κ1) is 13.4. The molecular formula is C14H18ClNO2S. The van der Waals surface area contributed by atoms with E-state index >= 15 is 0 Å². The Morgan fingerprint density at radius 2 is 2.37 bits per heavy atom. The van der Waals surface area contributed by atoms with Gasteiger partial charge >= 0.3 is 0 Å². The smallest absolute Gasteiger partial charge is 0.140 e. The van der Waals surface area contributed by atoms with Crippen LogP contribution in [0.4, 0.5) is 5.69 Å². The molecule has 2 heterocycles. The maximum atomic E-state index is 6.15. The third-order valence-electron chi connectivity index (χ3n) is 3.76. The second kappa shape index (κ2) is 5.43. The summed E-state index contributed by atoms with van der Waals surface area (Å²) < 4.78 is 12.0. The first-order valence-corrected chi connectivity index (χ1v) is 8.14. The molecule has 1 aromatic rings. The molecule has 3 nitrogen and oxygen atoms in total. The molecule has 2 unspecified atom stereocenters. The number of nitrogens with two attached hydrogens (primary N) is 1. The fraction of sp³-hybridized carbons (Fsp3) is 0.571. The normalized spacial score (nSPS) is 30.7. The van der Waals surface area contributed by atoms with Crippen molar-refractivity contribution in [2.24, 2.45) is 0 Å². The molecule has 2 saturated heterocycles. The van der Waals surface area contributed by atoms with Crippen LogP contribution in [-0.2, 0) is 4.74 Å². The van der Waals surface area contributed by atoms with Gasteiger partial charge in [0.2, 0.25) is 0 Å². The number of hydrogen-bond donors (Lipinski definition) is 1. The molecule has 1 spiro atoms. The number of ether oxygens (including phenoxy) is 2. The summed E-state index contributed by atoms with van der Waals surface area (Å²) in [6.07, 6.45) is 3.16. The van der Waals surface area contributed by atoms with Crippen molar-refractivity contribution in [3.63, 3.8) is 0 Å². The van der Waals surface area contributed by atoms with Crippen molar-refractivity contribution in [3.05, 3.63) is 23.2 Å². The highest BCUT2D eigenvalue weighted by Crippen LogP contribution is 2.40. The predicted molar refractivity (Wildman–Crippen MR) is 80.1 cm³/mol. The molecule has 0 amide bonds. The molecule has 5 heteroatoms. The molecule has 2 aliphatic heterocycles. The fourth-order valence-electron chi connectivity index (χ4n) is 2.74. The number of thioether (sulfide) groups is 1. The van der Waals surface area contributed by atoms with E-state index in [2.05, 4.69) is 0 Å². The van der Waals surface area contributed by atoms with Gasteiger partial charge in [-0.15, -0.1) is 0 Å². The topological polar surface area (TPSA) is 44.5 Å². The van der Waals surface area contributed by atoms with Crippen LogP contribution in [0.15, 0.2) is 18.2 Å². The van der Waals surface area contributed by atoms with Crippen molar-refractivity contribution >= 4 is 29.1 Å². The number of hydrogen-bond acceptors (Lipinski definition) is 4. The summed E-state index contributed by atoms with van der Waals surface area (Å²) in [7, 11) is 0.